The first kappa shape index (κ1) is 21.4. The van der Waals surface area contributed by atoms with E-state index < -0.39 is 5.97 Å². The number of esters is 1. The van der Waals surface area contributed by atoms with Crippen molar-refractivity contribution in [2.45, 2.75) is 6.42 Å². The van der Waals surface area contributed by atoms with Crippen molar-refractivity contribution in [1.82, 2.24) is 10.7 Å². The quantitative estimate of drug-likeness (QED) is 0.256. The maximum absolute atomic E-state index is 12.1. The van der Waals surface area contributed by atoms with Gasteiger partial charge in [-0.05, 0) is 42.0 Å². The summed E-state index contributed by atoms with van der Waals surface area (Å²) in [5, 5.41) is 6.58. The molecule has 0 atom stereocenters. The number of ether oxygens (including phenoxy) is 1. The SMILES string of the molecule is O=C(CCNC(=O)c1ccccc1)NN=Cc1cccc(OC(=O)c2ccccc2)c1. The van der Waals surface area contributed by atoms with Crippen molar-refractivity contribution >= 4 is 24.0 Å². The molecule has 0 bridgehead atoms. The van der Waals surface area contributed by atoms with Crippen LogP contribution in [0, 0.1) is 0 Å². The molecule has 3 rings (SSSR count). The lowest BCUT2D eigenvalue weighted by molar-refractivity contribution is -0.120. The van der Waals surface area contributed by atoms with Crippen LogP contribution < -0.4 is 15.5 Å². The monoisotopic (exact) mass is 415 g/mol. The molecule has 0 fully saturated rings. The fourth-order valence-corrected chi connectivity index (χ4v) is 2.61. The van der Waals surface area contributed by atoms with Crippen molar-refractivity contribution in [3.8, 4) is 5.75 Å². The summed E-state index contributed by atoms with van der Waals surface area (Å²) in [4.78, 5) is 35.9. The van der Waals surface area contributed by atoms with Crippen LogP contribution in [0.15, 0.2) is 90.0 Å². The highest BCUT2D eigenvalue weighted by Gasteiger charge is 2.08. The minimum absolute atomic E-state index is 0.0879. The van der Waals surface area contributed by atoms with E-state index in [-0.39, 0.29) is 24.8 Å². The first-order valence-corrected chi connectivity index (χ1v) is 9.64. The van der Waals surface area contributed by atoms with Crippen molar-refractivity contribution in [3.63, 3.8) is 0 Å². The Morgan fingerprint density at radius 1 is 0.839 bits per heavy atom. The zero-order chi connectivity index (χ0) is 21.9. The Morgan fingerprint density at radius 3 is 2.23 bits per heavy atom. The third-order valence-corrected chi connectivity index (χ3v) is 4.15. The van der Waals surface area contributed by atoms with Crippen molar-refractivity contribution < 1.29 is 19.1 Å². The lowest BCUT2D eigenvalue weighted by Gasteiger charge is -2.05. The summed E-state index contributed by atoms with van der Waals surface area (Å²) >= 11 is 0. The number of rotatable bonds is 8. The van der Waals surface area contributed by atoms with Crippen molar-refractivity contribution in [2.24, 2.45) is 5.10 Å². The van der Waals surface area contributed by atoms with E-state index in [1.807, 2.05) is 12.1 Å². The molecule has 2 amide bonds. The van der Waals surface area contributed by atoms with E-state index >= 15 is 0 Å². The van der Waals surface area contributed by atoms with E-state index in [1.54, 1.807) is 72.8 Å². The van der Waals surface area contributed by atoms with Crippen molar-refractivity contribution in [2.75, 3.05) is 6.54 Å². The predicted molar refractivity (Wildman–Crippen MR) is 117 cm³/mol. The second-order valence-electron chi connectivity index (χ2n) is 6.49. The molecule has 2 N–H and O–H groups in total. The molecule has 0 aliphatic heterocycles. The van der Waals surface area contributed by atoms with E-state index in [4.69, 9.17) is 4.74 Å². The van der Waals surface area contributed by atoms with Gasteiger partial charge in [-0.25, -0.2) is 10.2 Å². The van der Waals surface area contributed by atoms with E-state index in [0.29, 0.717) is 22.4 Å². The van der Waals surface area contributed by atoms with Gasteiger partial charge >= 0.3 is 5.97 Å². The molecule has 0 unspecified atom stereocenters. The summed E-state index contributed by atoms with van der Waals surface area (Å²) in [5.41, 5.74) is 4.04. The summed E-state index contributed by atoms with van der Waals surface area (Å²) in [6.45, 7) is 0.194. The van der Waals surface area contributed by atoms with Crippen LogP contribution in [0.25, 0.3) is 0 Å². The van der Waals surface area contributed by atoms with Crippen LogP contribution in [-0.4, -0.2) is 30.5 Å². The standard InChI is InChI=1S/C24H21N3O4/c28-22(14-15-25-23(29)19-9-3-1-4-10-19)27-26-17-18-8-7-13-21(16-18)31-24(30)20-11-5-2-6-12-20/h1-13,16-17H,14-15H2,(H,25,29)(H,27,28). The van der Waals surface area contributed by atoms with Gasteiger partial charge in [0.25, 0.3) is 5.91 Å². The topological polar surface area (TPSA) is 96.9 Å². The normalized spacial score (nSPS) is 10.5. The van der Waals surface area contributed by atoms with Crippen LogP contribution in [0.5, 0.6) is 5.75 Å². The fourth-order valence-electron chi connectivity index (χ4n) is 2.61. The van der Waals surface area contributed by atoms with Gasteiger partial charge in [0.2, 0.25) is 5.91 Å². The second-order valence-corrected chi connectivity index (χ2v) is 6.49. The lowest BCUT2D eigenvalue weighted by atomic mass is 10.2. The van der Waals surface area contributed by atoms with Gasteiger partial charge in [-0.15, -0.1) is 0 Å². The smallest absolute Gasteiger partial charge is 0.343 e. The summed E-state index contributed by atoms with van der Waals surface area (Å²) in [5.74, 6) is -0.664. The number of carbonyl (C=O) groups excluding carboxylic acids is 3. The number of carbonyl (C=O) groups is 3. The van der Waals surface area contributed by atoms with E-state index in [0.717, 1.165) is 0 Å². The highest BCUT2D eigenvalue weighted by atomic mass is 16.5. The molecule has 156 valence electrons. The van der Waals surface area contributed by atoms with Crippen molar-refractivity contribution in [3.05, 3.63) is 102 Å². The highest BCUT2D eigenvalue weighted by Crippen LogP contribution is 2.14. The maximum atomic E-state index is 12.1. The van der Waals surface area contributed by atoms with Gasteiger partial charge in [0, 0.05) is 18.5 Å². The Labute approximate surface area is 179 Å². The molecule has 0 saturated carbocycles. The van der Waals surface area contributed by atoms with Gasteiger partial charge in [0.1, 0.15) is 5.75 Å². The zero-order valence-electron chi connectivity index (χ0n) is 16.7. The molecular weight excluding hydrogens is 394 g/mol. The second kappa shape index (κ2) is 11.1. The summed E-state index contributed by atoms with van der Waals surface area (Å²) < 4.78 is 5.35. The van der Waals surface area contributed by atoms with Crippen molar-refractivity contribution in [1.29, 1.82) is 0 Å². The third kappa shape index (κ3) is 6.93. The van der Waals surface area contributed by atoms with E-state index in [9.17, 15) is 14.4 Å². The van der Waals surface area contributed by atoms with Crippen LogP contribution >= 0.6 is 0 Å². The molecule has 0 saturated heterocycles. The van der Waals surface area contributed by atoms with Crippen LogP contribution in [0.2, 0.25) is 0 Å². The van der Waals surface area contributed by atoms with Crippen LogP contribution in [0.1, 0.15) is 32.7 Å². The van der Waals surface area contributed by atoms with Crippen LogP contribution in [0.4, 0.5) is 0 Å². The molecule has 0 aromatic heterocycles. The first-order valence-electron chi connectivity index (χ1n) is 9.64. The third-order valence-electron chi connectivity index (χ3n) is 4.15. The maximum Gasteiger partial charge on any atom is 0.343 e. The van der Waals surface area contributed by atoms with Gasteiger partial charge in [-0.3, -0.25) is 9.59 Å². The van der Waals surface area contributed by atoms with Crippen LogP contribution in [0.3, 0.4) is 0 Å². The summed E-state index contributed by atoms with van der Waals surface area (Å²) in [6, 6.07) is 24.2. The number of nitrogens with zero attached hydrogens (tertiary/aromatic N) is 1. The van der Waals surface area contributed by atoms with Gasteiger partial charge in [-0.2, -0.15) is 5.10 Å². The molecule has 31 heavy (non-hydrogen) atoms. The first-order chi connectivity index (χ1) is 15.1. The van der Waals surface area contributed by atoms with Gasteiger partial charge < -0.3 is 10.1 Å². The Balaban J connectivity index is 1.44. The molecule has 3 aromatic rings. The number of hydrazone groups is 1. The minimum Gasteiger partial charge on any atom is -0.423 e. The molecule has 7 heteroatoms. The molecule has 7 nitrogen and oxygen atoms in total. The highest BCUT2D eigenvalue weighted by molar-refractivity contribution is 5.94. The molecule has 0 spiro atoms. The average Bonchev–Trinajstić information content (AvgIpc) is 2.80. The van der Waals surface area contributed by atoms with Gasteiger partial charge in [0.15, 0.2) is 0 Å². The average molecular weight is 415 g/mol. The Morgan fingerprint density at radius 2 is 1.52 bits per heavy atom. The van der Waals surface area contributed by atoms with Gasteiger partial charge in [-0.1, -0.05) is 48.5 Å². The number of hydrogen-bond acceptors (Lipinski definition) is 5. The number of nitrogens with one attached hydrogen (secondary N) is 2. The number of benzene rings is 3. The fraction of sp³-hybridized carbons (Fsp3) is 0.0833. The lowest BCUT2D eigenvalue weighted by Crippen LogP contribution is -2.28. The molecule has 0 aliphatic rings. The molecule has 0 radical (unpaired) electrons. The molecular formula is C24H21N3O4. The van der Waals surface area contributed by atoms with Gasteiger partial charge in [0.05, 0.1) is 11.8 Å². The van der Waals surface area contributed by atoms with E-state index in [1.165, 1.54) is 6.21 Å². The predicted octanol–water partition coefficient (Wildman–Crippen LogP) is 3.18. The molecule has 0 aliphatic carbocycles. The largest absolute Gasteiger partial charge is 0.423 e. The summed E-state index contributed by atoms with van der Waals surface area (Å²) in [6.07, 6.45) is 1.53. The van der Waals surface area contributed by atoms with Crippen LogP contribution in [-0.2, 0) is 4.79 Å². The Bertz CT molecular complexity index is 1070. The molecule has 0 heterocycles. The number of hydrogen-bond donors (Lipinski definition) is 2. The molecule has 3 aromatic carbocycles. The zero-order valence-corrected chi connectivity index (χ0v) is 16.7. The minimum atomic E-state index is -0.458. The Kier molecular flexibility index (Phi) is 7.65. The number of amides is 2. The Hall–Kier alpha value is -4.26. The van der Waals surface area contributed by atoms with E-state index in [2.05, 4.69) is 15.8 Å². The summed E-state index contributed by atoms with van der Waals surface area (Å²) in [7, 11) is 0.